The maximum absolute atomic E-state index is 12.2. The highest BCUT2D eigenvalue weighted by Gasteiger charge is 2.27. The second-order valence-corrected chi connectivity index (χ2v) is 5.72. The van der Waals surface area contributed by atoms with Gasteiger partial charge in [-0.15, -0.1) is 11.8 Å². The SMILES string of the molecule is CSc1ncccc1C(=O)NC1CCC(C(=O)O)CC1. The summed E-state index contributed by atoms with van der Waals surface area (Å²) in [4.78, 5) is 27.3. The topological polar surface area (TPSA) is 79.3 Å². The minimum atomic E-state index is -0.730. The van der Waals surface area contributed by atoms with Crippen molar-refractivity contribution in [2.75, 3.05) is 6.26 Å². The molecule has 1 amide bonds. The standard InChI is InChI=1S/C14H18N2O3S/c1-20-13-11(3-2-8-15-13)12(17)16-10-6-4-9(5-7-10)14(18)19/h2-3,8-10H,4-7H2,1H3,(H,16,17)(H,18,19). The van der Waals surface area contributed by atoms with E-state index < -0.39 is 5.97 Å². The van der Waals surface area contributed by atoms with Crippen LogP contribution in [-0.2, 0) is 4.79 Å². The number of carboxylic acid groups (broad SMARTS) is 1. The van der Waals surface area contributed by atoms with Gasteiger partial charge in [0, 0.05) is 12.2 Å². The Morgan fingerprint density at radius 3 is 2.65 bits per heavy atom. The Morgan fingerprint density at radius 2 is 2.05 bits per heavy atom. The molecule has 1 aliphatic carbocycles. The van der Waals surface area contributed by atoms with Gasteiger partial charge in [0.1, 0.15) is 5.03 Å². The molecule has 6 heteroatoms. The van der Waals surface area contributed by atoms with Crippen LogP contribution in [0.3, 0.4) is 0 Å². The first kappa shape index (κ1) is 14.8. The van der Waals surface area contributed by atoms with Crippen molar-refractivity contribution in [3.63, 3.8) is 0 Å². The van der Waals surface area contributed by atoms with Crippen LogP contribution in [0.25, 0.3) is 0 Å². The van der Waals surface area contributed by atoms with Gasteiger partial charge < -0.3 is 10.4 Å². The van der Waals surface area contributed by atoms with Gasteiger partial charge in [-0.05, 0) is 44.1 Å². The van der Waals surface area contributed by atoms with E-state index in [1.165, 1.54) is 11.8 Å². The highest BCUT2D eigenvalue weighted by molar-refractivity contribution is 7.98. The highest BCUT2D eigenvalue weighted by Crippen LogP contribution is 2.25. The number of aromatic nitrogens is 1. The van der Waals surface area contributed by atoms with Gasteiger partial charge in [-0.2, -0.15) is 0 Å². The first-order valence-electron chi connectivity index (χ1n) is 6.64. The third-order valence-electron chi connectivity index (χ3n) is 3.62. The lowest BCUT2D eigenvalue weighted by molar-refractivity contribution is -0.142. The van der Waals surface area contributed by atoms with E-state index in [0.29, 0.717) is 23.4 Å². The van der Waals surface area contributed by atoms with E-state index >= 15 is 0 Å². The smallest absolute Gasteiger partial charge is 0.306 e. The first-order valence-corrected chi connectivity index (χ1v) is 7.87. The second-order valence-electron chi connectivity index (χ2n) is 4.92. The molecule has 0 spiro atoms. The van der Waals surface area contributed by atoms with Crippen LogP contribution in [0.4, 0.5) is 0 Å². The summed E-state index contributed by atoms with van der Waals surface area (Å²) in [5, 5.41) is 12.7. The second kappa shape index (κ2) is 6.74. The monoisotopic (exact) mass is 294 g/mol. The minimum Gasteiger partial charge on any atom is -0.481 e. The average Bonchev–Trinajstić information content (AvgIpc) is 2.47. The van der Waals surface area contributed by atoms with Crippen molar-refractivity contribution in [2.24, 2.45) is 5.92 Å². The molecular formula is C14H18N2O3S. The van der Waals surface area contributed by atoms with Gasteiger partial charge >= 0.3 is 5.97 Å². The van der Waals surface area contributed by atoms with Gasteiger partial charge in [0.05, 0.1) is 11.5 Å². The quantitative estimate of drug-likeness (QED) is 0.832. The number of nitrogens with one attached hydrogen (secondary N) is 1. The molecule has 0 radical (unpaired) electrons. The molecule has 0 aromatic carbocycles. The normalized spacial score (nSPS) is 22.2. The molecule has 5 nitrogen and oxygen atoms in total. The van der Waals surface area contributed by atoms with Gasteiger partial charge in [0.25, 0.3) is 5.91 Å². The Bertz CT molecular complexity index is 499. The van der Waals surface area contributed by atoms with E-state index in [2.05, 4.69) is 10.3 Å². The van der Waals surface area contributed by atoms with Crippen LogP contribution in [0, 0.1) is 5.92 Å². The Hall–Kier alpha value is -1.56. The van der Waals surface area contributed by atoms with Gasteiger partial charge in [0.2, 0.25) is 0 Å². The van der Waals surface area contributed by atoms with Gasteiger partial charge in [-0.3, -0.25) is 9.59 Å². The Balaban J connectivity index is 1.94. The van der Waals surface area contributed by atoms with Crippen LogP contribution >= 0.6 is 11.8 Å². The largest absolute Gasteiger partial charge is 0.481 e. The third kappa shape index (κ3) is 3.50. The molecule has 108 valence electrons. The summed E-state index contributed by atoms with van der Waals surface area (Å²) < 4.78 is 0. The van der Waals surface area contributed by atoms with Crippen LogP contribution < -0.4 is 5.32 Å². The summed E-state index contributed by atoms with van der Waals surface area (Å²) >= 11 is 1.44. The van der Waals surface area contributed by atoms with Crippen LogP contribution in [0.1, 0.15) is 36.0 Å². The van der Waals surface area contributed by atoms with E-state index in [4.69, 9.17) is 5.11 Å². The van der Waals surface area contributed by atoms with Crippen LogP contribution in [0.5, 0.6) is 0 Å². The van der Waals surface area contributed by atoms with Crippen molar-refractivity contribution in [3.05, 3.63) is 23.9 Å². The molecule has 0 bridgehead atoms. The zero-order chi connectivity index (χ0) is 14.5. The van der Waals surface area contributed by atoms with Crippen molar-refractivity contribution in [2.45, 2.75) is 36.8 Å². The highest BCUT2D eigenvalue weighted by atomic mass is 32.2. The molecule has 0 aliphatic heterocycles. The number of carbonyl (C=O) groups excluding carboxylic acids is 1. The third-order valence-corrected chi connectivity index (χ3v) is 4.33. The summed E-state index contributed by atoms with van der Waals surface area (Å²) in [5.74, 6) is -1.11. The fraction of sp³-hybridized carbons (Fsp3) is 0.500. The average molecular weight is 294 g/mol. The number of thioether (sulfide) groups is 1. The molecule has 2 rings (SSSR count). The predicted molar refractivity (Wildman–Crippen MR) is 76.9 cm³/mol. The van der Waals surface area contributed by atoms with E-state index in [1.54, 1.807) is 18.3 Å². The maximum Gasteiger partial charge on any atom is 0.306 e. The fourth-order valence-electron chi connectivity index (χ4n) is 2.47. The Labute approximate surface area is 122 Å². The number of pyridine rings is 1. The van der Waals surface area contributed by atoms with E-state index in [9.17, 15) is 9.59 Å². The molecule has 0 atom stereocenters. The zero-order valence-corrected chi connectivity index (χ0v) is 12.2. The van der Waals surface area contributed by atoms with Crippen molar-refractivity contribution in [3.8, 4) is 0 Å². The van der Waals surface area contributed by atoms with Crippen molar-refractivity contribution < 1.29 is 14.7 Å². The van der Waals surface area contributed by atoms with Crippen LogP contribution in [-0.4, -0.2) is 34.3 Å². The molecule has 1 aromatic rings. The summed E-state index contributed by atoms with van der Waals surface area (Å²) in [6.07, 6.45) is 6.25. The molecule has 20 heavy (non-hydrogen) atoms. The summed E-state index contributed by atoms with van der Waals surface area (Å²) in [6.45, 7) is 0. The van der Waals surface area contributed by atoms with E-state index in [0.717, 1.165) is 12.8 Å². The van der Waals surface area contributed by atoms with Crippen molar-refractivity contribution in [1.82, 2.24) is 10.3 Å². The predicted octanol–water partition coefficient (Wildman–Crippen LogP) is 2.18. The van der Waals surface area contributed by atoms with Crippen molar-refractivity contribution >= 4 is 23.6 Å². The van der Waals surface area contributed by atoms with Crippen molar-refractivity contribution in [1.29, 1.82) is 0 Å². The molecule has 1 heterocycles. The van der Waals surface area contributed by atoms with Crippen LogP contribution in [0.15, 0.2) is 23.4 Å². The number of carbonyl (C=O) groups is 2. The first-order chi connectivity index (χ1) is 9.61. The number of aliphatic carboxylic acids is 1. The molecule has 1 saturated carbocycles. The molecule has 2 N–H and O–H groups in total. The van der Waals surface area contributed by atoms with Gasteiger partial charge in [-0.1, -0.05) is 0 Å². The number of nitrogens with zero attached hydrogens (tertiary/aromatic N) is 1. The maximum atomic E-state index is 12.2. The molecular weight excluding hydrogens is 276 g/mol. The van der Waals surface area contributed by atoms with Gasteiger partial charge in [0.15, 0.2) is 0 Å². The minimum absolute atomic E-state index is 0.0630. The summed E-state index contributed by atoms with van der Waals surface area (Å²) in [6, 6.07) is 3.57. The lowest BCUT2D eigenvalue weighted by Crippen LogP contribution is -2.39. The molecule has 0 unspecified atom stereocenters. The number of hydrogen-bond donors (Lipinski definition) is 2. The molecule has 1 fully saturated rings. The molecule has 1 aliphatic rings. The summed E-state index contributed by atoms with van der Waals surface area (Å²) in [5.41, 5.74) is 0.584. The Morgan fingerprint density at radius 1 is 1.35 bits per heavy atom. The molecule has 1 aromatic heterocycles. The van der Waals surface area contributed by atoms with E-state index in [1.807, 2.05) is 6.26 Å². The lowest BCUT2D eigenvalue weighted by Gasteiger charge is -2.26. The van der Waals surface area contributed by atoms with E-state index in [-0.39, 0.29) is 17.9 Å². The van der Waals surface area contributed by atoms with Gasteiger partial charge in [-0.25, -0.2) is 4.98 Å². The number of rotatable bonds is 4. The summed E-state index contributed by atoms with van der Waals surface area (Å²) in [7, 11) is 0. The Kier molecular flexibility index (Phi) is 5.00. The molecule has 0 saturated heterocycles. The van der Waals surface area contributed by atoms with Crippen LogP contribution in [0.2, 0.25) is 0 Å². The number of carboxylic acids is 1. The number of amides is 1. The zero-order valence-electron chi connectivity index (χ0n) is 11.3. The number of hydrogen-bond acceptors (Lipinski definition) is 4. The lowest BCUT2D eigenvalue weighted by atomic mass is 9.86. The fourth-order valence-corrected chi connectivity index (χ4v) is 3.02.